The molecule has 1 amide bonds. The van der Waals surface area contributed by atoms with Gasteiger partial charge in [-0.1, -0.05) is 23.7 Å². The molecule has 0 saturated heterocycles. The number of amides is 1. The summed E-state index contributed by atoms with van der Waals surface area (Å²) in [6, 6.07) is 14.4. The number of halogens is 1. The van der Waals surface area contributed by atoms with Crippen molar-refractivity contribution in [2.45, 2.75) is 0 Å². The largest absolute Gasteiger partial charge is 0.495 e. The number of rotatable bonds is 4. The molecule has 0 aliphatic rings. The number of para-hydroxylation sites is 2. The van der Waals surface area contributed by atoms with Crippen LogP contribution in [0.25, 0.3) is 22.6 Å². The Morgan fingerprint density at radius 2 is 2.04 bits per heavy atom. The van der Waals surface area contributed by atoms with E-state index in [1.165, 1.54) is 7.11 Å². The number of aromatic nitrogens is 4. The summed E-state index contributed by atoms with van der Waals surface area (Å²) in [7, 11) is 3.45. The maximum absolute atomic E-state index is 12.4. The molecule has 0 saturated carbocycles. The SMILES string of the molecule is COc1ccc(C(=O)Nc2cc(-c3nc4ccccc4n3C)[nH]n2)cc1Cl. The van der Waals surface area contributed by atoms with Crippen LogP contribution in [0.1, 0.15) is 10.4 Å². The molecule has 7 nitrogen and oxygen atoms in total. The maximum Gasteiger partial charge on any atom is 0.256 e. The quantitative estimate of drug-likeness (QED) is 0.561. The minimum Gasteiger partial charge on any atom is -0.495 e. The van der Waals surface area contributed by atoms with E-state index in [0.717, 1.165) is 16.9 Å². The van der Waals surface area contributed by atoms with Gasteiger partial charge in [-0.2, -0.15) is 5.10 Å². The van der Waals surface area contributed by atoms with Gasteiger partial charge in [0, 0.05) is 18.7 Å². The predicted octanol–water partition coefficient (Wildman–Crippen LogP) is 3.88. The van der Waals surface area contributed by atoms with E-state index in [9.17, 15) is 4.79 Å². The minimum atomic E-state index is -0.317. The van der Waals surface area contributed by atoms with Gasteiger partial charge in [-0.3, -0.25) is 9.89 Å². The van der Waals surface area contributed by atoms with Crippen molar-refractivity contribution >= 4 is 34.4 Å². The average Bonchev–Trinajstić information content (AvgIpc) is 3.26. The number of ether oxygens (including phenoxy) is 1. The summed E-state index contributed by atoms with van der Waals surface area (Å²) >= 11 is 6.08. The standard InChI is InChI=1S/C19H16ClN5O2/c1-25-15-6-4-3-5-13(15)21-18(25)14-10-17(24-23-14)22-19(26)11-7-8-16(27-2)12(20)9-11/h3-10H,1-2H3,(H2,22,23,24,26). The molecular weight excluding hydrogens is 366 g/mol. The van der Waals surface area contributed by atoms with E-state index in [-0.39, 0.29) is 5.91 Å². The number of aromatic amines is 1. The van der Waals surface area contributed by atoms with Gasteiger partial charge in [-0.15, -0.1) is 0 Å². The van der Waals surface area contributed by atoms with Gasteiger partial charge in [-0.05, 0) is 30.3 Å². The fourth-order valence-electron chi connectivity index (χ4n) is 2.88. The van der Waals surface area contributed by atoms with E-state index in [0.29, 0.717) is 27.8 Å². The smallest absolute Gasteiger partial charge is 0.256 e. The normalized spacial score (nSPS) is 10.9. The average molecular weight is 382 g/mol. The minimum absolute atomic E-state index is 0.317. The number of H-pyrrole nitrogens is 1. The van der Waals surface area contributed by atoms with Crippen molar-refractivity contribution in [3.05, 3.63) is 59.1 Å². The van der Waals surface area contributed by atoms with Crippen LogP contribution >= 0.6 is 11.6 Å². The molecule has 0 atom stereocenters. The van der Waals surface area contributed by atoms with Crippen molar-refractivity contribution in [3.8, 4) is 17.3 Å². The van der Waals surface area contributed by atoms with E-state index in [2.05, 4.69) is 20.5 Å². The number of nitrogens with zero attached hydrogens (tertiary/aromatic N) is 3. The topological polar surface area (TPSA) is 84.8 Å². The van der Waals surface area contributed by atoms with Gasteiger partial charge >= 0.3 is 0 Å². The molecule has 4 aromatic rings. The molecule has 136 valence electrons. The molecule has 27 heavy (non-hydrogen) atoms. The number of carbonyl (C=O) groups is 1. The number of imidazole rings is 1. The Kier molecular flexibility index (Phi) is 4.29. The summed E-state index contributed by atoms with van der Waals surface area (Å²) in [4.78, 5) is 17.0. The number of nitrogens with one attached hydrogen (secondary N) is 2. The number of fused-ring (bicyclic) bond motifs is 1. The Morgan fingerprint density at radius 3 is 2.78 bits per heavy atom. The Hall–Kier alpha value is -3.32. The van der Waals surface area contributed by atoms with E-state index in [1.807, 2.05) is 35.9 Å². The Labute approximate surface area is 159 Å². The van der Waals surface area contributed by atoms with E-state index in [4.69, 9.17) is 16.3 Å². The zero-order valence-corrected chi connectivity index (χ0v) is 15.4. The summed E-state index contributed by atoms with van der Waals surface area (Å²) in [5, 5.41) is 10.2. The fraction of sp³-hybridized carbons (Fsp3) is 0.105. The molecule has 8 heteroatoms. The van der Waals surface area contributed by atoms with Crippen molar-refractivity contribution in [1.29, 1.82) is 0 Å². The van der Waals surface area contributed by atoms with Gasteiger partial charge in [0.05, 0.1) is 23.2 Å². The highest BCUT2D eigenvalue weighted by Gasteiger charge is 2.15. The van der Waals surface area contributed by atoms with Crippen LogP contribution in [0.5, 0.6) is 5.75 Å². The van der Waals surface area contributed by atoms with Crippen molar-refractivity contribution in [2.24, 2.45) is 7.05 Å². The third kappa shape index (κ3) is 3.13. The number of anilines is 1. The van der Waals surface area contributed by atoms with Crippen LogP contribution in [0.4, 0.5) is 5.82 Å². The second kappa shape index (κ2) is 6.77. The van der Waals surface area contributed by atoms with Gasteiger partial charge in [0.15, 0.2) is 11.6 Å². The molecule has 4 rings (SSSR count). The lowest BCUT2D eigenvalue weighted by atomic mass is 10.2. The number of methoxy groups -OCH3 is 1. The molecule has 0 aliphatic heterocycles. The number of benzene rings is 2. The molecule has 0 fully saturated rings. The number of aryl methyl sites for hydroxylation is 1. The highest BCUT2D eigenvalue weighted by atomic mass is 35.5. The summed E-state index contributed by atoms with van der Waals surface area (Å²) in [6.45, 7) is 0. The lowest BCUT2D eigenvalue weighted by Crippen LogP contribution is -2.12. The molecule has 2 heterocycles. The molecule has 0 spiro atoms. The Bertz CT molecular complexity index is 1150. The van der Waals surface area contributed by atoms with Crippen molar-refractivity contribution < 1.29 is 9.53 Å². The fourth-order valence-corrected chi connectivity index (χ4v) is 3.14. The van der Waals surface area contributed by atoms with Crippen LogP contribution in [0.15, 0.2) is 48.5 Å². The van der Waals surface area contributed by atoms with Gasteiger partial charge < -0.3 is 14.6 Å². The van der Waals surface area contributed by atoms with Crippen molar-refractivity contribution in [1.82, 2.24) is 19.7 Å². The van der Waals surface area contributed by atoms with Crippen LogP contribution in [0.3, 0.4) is 0 Å². The van der Waals surface area contributed by atoms with Gasteiger partial charge in [0.25, 0.3) is 5.91 Å². The first-order valence-electron chi connectivity index (χ1n) is 8.19. The zero-order chi connectivity index (χ0) is 19.0. The van der Waals surface area contributed by atoms with Gasteiger partial charge in [-0.25, -0.2) is 4.98 Å². The zero-order valence-electron chi connectivity index (χ0n) is 14.7. The molecular formula is C19H16ClN5O2. The first kappa shape index (κ1) is 17.1. The van der Waals surface area contributed by atoms with Crippen LogP contribution in [-0.4, -0.2) is 32.8 Å². The number of hydrogen-bond donors (Lipinski definition) is 2. The van der Waals surface area contributed by atoms with E-state index >= 15 is 0 Å². The monoisotopic (exact) mass is 381 g/mol. The Balaban J connectivity index is 1.58. The molecule has 0 radical (unpaired) electrons. The van der Waals surface area contributed by atoms with Crippen LogP contribution in [0.2, 0.25) is 5.02 Å². The van der Waals surface area contributed by atoms with Gasteiger partial charge in [0.2, 0.25) is 0 Å². The first-order valence-corrected chi connectivity index (χ1v) is 8.57. The lowest BCUT2D eigenvalue weighted by molar-refractivity contribution is 0.102. The number of carbonyl (C=O) groups excluding carboxylic acids is 1. The molecule has 2 N–H and O–H groups in total. The van der Waals surface area contributed by atoms with Gasteiger partial charge in [0.1, 0.15) is 11.4 Å². The summed E-state index contributed by atoms with van der Waals surface area (Å²) in [5.41, 5.74) is 3.02. The number of hydrogen-bond acceptors (Lipinski definition) is 4. The second-order valence-electron chi connectivity index (χ2n) is 5.95. The molecule has 0 bridgehead atoms. The molecule has 2 aromatic heterocycles. The summed E-state index contributed by atoms with van der Waals surface area (Å²) < 4.78 is 7.07. The van der Waals surface area contributed by atoms with E-state index < -0.39 is 0 Å². The molecule has 0 unspecified atom stereocenters. The molecule has 0 aliphatic carbocycles. The summed E-state index contributed by atoms with van der Waals surface area (Å²) in [5.74, 6) is 1.32. The first-order chi connectivity index (χ1) is 13.1. The highest BCUT2D eigenvalue weighted by Crippen LogP contribution is 2.26. The highest BCUT2D eigenvalue weighted by molar-refractivity contribution is 6.32. The summed E-state index contributed by atoms with van der Waals surface area (Å²) in [6.07, 6.45) is 0. The maximum atomic E-state index is 12.4. The Morgan fingerprint density at radius 1 is 1.22 bits per heavy atom. The van der Waals surface area contributed by atoms with Crippen LogP contribution in [0, 0.1) is 0 Å². The van der Waals surface area contributed by atoms with Crippen molar-refractivity contribution in [2.75, 3.05) is 12.4 Å². The third-order valence-electron chi connectivity index (χ3n) is 4.26. The van der Waals surface area contributed by atoms with Crippen LogP contribution < -0.4 is 10.1 Å². The lowest BCUT2D eigenvalue weighted by Gasteiger charge is -2.05. The second-order valence-corrected chi connectivity index (χ2v) is 6.36. The predicted molar refractivity (Wildman–Crippen MR) is 104 cm³/mol. The van der Waals surface area contributed by atoms with Crippen molar-refractivity contribution in [3.63, 3.8) is 0 Å². The third-order valence-corrected chi connectivity index (χ3v) is 4.56. The molecule has 2 aromatic carbocycles. The van der Waals surface area contributed by atoms with E-state index in [1.54, 1.807) is 24.3 Å². The van der Waals surface area contributed by atoms with Crippen LogP contribution in [-0.2, 0) is 7.05 Å².